The van der Waals surface area contributed by atoms with Crippen LogP contribution in [0.4, 0.5) is 0 Å². The number of ketones is 1. The van der Waals surface area contributed by atoms with Gasteiger partial charge in [-0.3, -0.25) is 4.79 Å². The molecule has 0 saturated heterocycles. The SMILES string of the molecule is CC(=O)C=C(C)c1ccc(Br)cc1. The first-order valence-corrected chi connectivity index (χ1v) is 4.83. The quantitative estimate of drug-likeness (QED) is 0.722. The molecule has 0 spiro atoms. The summed E-state index contributed by atoms with van der Waals surface area (Å²) in [6, 6.07) is 7.90. The summed E-state index contributed by atoms with van der Waals surface area (Å²) in [5.74, 6) is 0.0837. The molecule has 0 saturated carbocycles. The lowest BCUT2D eigenvalue weighted by Crippen LogP contribution is -1.85. The van der Waals surface area contributed by atoms with E-state index in [9.17, 15) is 4.79 Å². The molecule has 1 aromatic carbocycles. The third-order valence-corrected chi connectivity index (χ3v) is 2.25. The molecule has 0 unspecified atom stereocenters. The van der Waals surface area contributed by atoms with Crippen LogP contribution >= 0.6 is 15.9 Å². The van der Waals surface area contributed by atoms with Gasteiger partial charge in [-0.15, -0.1) is 0 Å². The number of allylic oxidation sites excluding steroid dienone is 2. The molecule has 0 aliphatic rings. The Morgan fingerprint density at radius 2 is 1.77 bits per heavy atom. The van der Waals surface area contributed by atoms with Crippen LogP contribution in [-0.4, -0.2) is 5.78 Å². The first-order chi connectivity index (χ1) is 6.09. The highest BCUT2D eigenvalue weighted by atomic mass is 79.9. The summed E-state index contributed by atoms with van der Waals surface area (Å²) in [5.41, 5.74) is 2.08. The summed E-state index contributed by atoms with van der Waals surface area (Å²) < 4.78 is 1.05. The second kappa shape index (κ2) is 4.38. The second-order valence-corrected chi connectivity index (χ2v) is 3.86. The number of carbonyl (C=O) groups excluding carboxylic acids is 1. The van der Waals surface area contributed by atoms with E-state index in [1.54, 1.807) is 13.0 Å². The third-order valence-electron chi connectivity index (χ3n) is 1.72. The zero-order chi connectivity index (χ0) is 9.84. The Balaban J connectivity index is 2.96. The molecular formula is C11H11BrO. The van der Waals surface area contributed by atoms with Gasteiger partial charge in [-0.2, -0.15) is 0 Å². The number of halogens is 1. The number of hydrogen-bond acceptors (Lipinski definition) is 1. The molecule has 1 aromatic rings. The Hall–Kier alpha value is -0.890. The van der Waals surface area contributed by atoms with Crippen molar-refractivity contribution in [1.29, 1.82) is 0 Å². The molecule has 0 amide bonds. The van der Waals surface area contributed by atoms with E-state index in [4.69, 9.17) is 0 Å². The summed E-state index contributed by atoms with van der Waals surface area (Å²) in [7, 11) is 0. The molecule has 2 heteroatoms. The molecule has 13 heavy (non-hydrogen) atoms. The monoisotopic (exact) mass is 238 g/mol. The predicted octanol–water partition coefficient (Wildman–Crippen LogP) is 3.44. The highest BCUT2D eigenvalue weighted by molar-refractivity contribution is 9.10. The van der Waals surface area contributed by atoms with Crippen molar-refractivity contribution in [2.24, 2.45) is 0 Å². The number of carbonyl (C=O) groups is 1. The van der Waals surface area contributed by atoms with Gasteiger partial charge in [-0.05, 0) is 43.2 Å². The number of hydrogen-bond donors (Lipinski definition) is 0. The topological polar surface area (TPSA) is 17.1 Å². The van der Waals surface area contributed by atoms with Gasteiger partial charge in [0.05, 0.1) is 0 Å². The van der Waals surface area contributed by atoms with Gasteiger partial charge in [0.2, 0.25) is 0 Å². The summed E-state index contributed by atoms with van der Waals surface area (Å²) in [6.07, 6.45) is 1.64. The van der Waals surface area contributed by atoms with Crippen molar-refractivity contribution < 1.29 is 4.79 Å². The maximum absolute atomic E-state index is 10.8. The summed E-state index contributed by atoms with van der Waals surface area (Å²) in [4.78, 5) is 10.8. The molecule has 0 aliphatic heterocycles. The van der Waals surface area contributed by atoms with Crippen LogP contribution in [0.2, 0.25) is 0 Å². The van der Waals surface area contributed by atoms with Crippen LogP contribution in [0.3, 0.4) is 0 Å². The fraction of sp³-hybridized carbons (Fsp3) is 0.182. The molecule has 0 N–H and O–H groups in total. The van der Waals surface area contributed by atoms with Crippen LogP contribution < -0.4 is 0 Å². The minimum absolute atomic E-state index is 0.0837. The van der Waals surface area contributed by atoms with E-state index < -0.39 is 0 Å². The van der Waals surface area contributed by atoms with Crippen molar-refractivity contribution >= 4 is 27.3 Å². The third kappa shape index (κ3) is 3.15. The Bertz CT molecular complexity index is 336. The van der Waals surface area contributed by atoms with E-state index in [0.717, 1.165) is 15.6 Å². The molecule has 0 aromatic heterocycles. The van der Waals surface area contributed by atoms with E-state index in [1.807, 2.05) is 31.2 Å². The van der Waals surface area contributed by atoms with Gasteiger partial charge in [0, 0.05) is 4.47 Å². The highest BCUT2D eigenvalue weighted by Crippen LogP contribution is 2.17. The van der Waals surface area contributed by atoms with Gasteiger partial charge in [0.1, 0.15) is 0 Å². The summed E-state index contributed by atoms with van der Waals surface area (Å²) in [5, 5.41) is 0. The lowest BCUT2D eigenvalue weighted by atomic mass is 10.1. The summed E-state index contributed by atoms with van der Waals surface area (Å²) >= 11 is 3.36. The molecule has 1 nitrogen and oxygen atoms in total. The van der Waals surface area contributed by atoms with Crippen LogP contribution in [0.25, 0.3) is 5.57 Å². The standard InChI is InChI=1S/C11H11BrO/c1-8(7-9(2)13)10-3-5-11(12)6-4-10/h3-7H,1-2H3. The zero-order valence-corrected chi connectivity index (χ0v) is 9.26. The molecule has 0 bridgehead atoms. The summed E-state index contributed by atoms with van der Waals surface area (Å²) in [6.45, 7) is 3.49. The average Bonchev–Trinajstić information content (AvgIpc) is 2.04. The molecule has 0 aliphatic carbocycles. The van der Waals surface area contributed by atoms with Crippen molar-refractivity contribution in [1.82, 2.24) is 0 Å². The van der Waals surface area contributed by atoms with Crippen molar-refractivity contribution in [3.05, 3.63) is 40.4 Å². The highest BCUT2D eigenvalue weighted by Gasteiger charge is 1.96. The molecule has 0 radical (unpaired) electrons. The van der Waals surface area contributed by atoms with Crippen molar-refractivity contribution in [2.45, 2.75) is 13.8 Å². The van der Waals surface area contributed by atoms with Crippen LogP contribution in [0.15, 0.2) is 34.8 Å². The molecular weight excluding hydrogens is 228 g/mol. The lowest BCUT2D eigenvalue weighted by Gasteiger charge is -2.00. The molecule has 0 fully saturated rings. The van der Waals surface area contributed by atoms with Crippen molar-refractivity contribution in [2.75, 3.05) is 0 Å². The molecule has 68 valence electrons. The Kier molecular flexibility index (Phi) is 3.43. The second-order valence-electron chi connectivity index (χ2n) is 2.94. The van der Waals surface area contributed by atoms with E-state index in [2.05, 4.69) is 15.9 Å². The van der Waals surface area contributed by atoms with Crippen LogP contribution in [0, 0.1) is 0 Å². The van der Waals surface area contributed by atoms with Crippen LogP contribution in [0.5, 0.6) is 0 Å². The predicted molar refractivity (Wildman–Crippen MR) is 58.5 cm³/mol. The van der Waals surface area contributed by atoms with E-state index in [-0.39, 0.29) is 5.78 Å². The van der Waals surface area contributed by atoms with Gasteiger partial charge in [-0.1, -0.05) is 28.1 Å². The molecule has 0 atom stereocenters. The normalized spacial score (nSPS) is 11.5. The molecule has 0 heterocycles. The Morgan fingerprint density at radius 3 is 2.23 bits per heavy atom. The van der Waals surface area contributed by atoms with Crippen LogP contribution in [-0.2, 0) is 4.79 Å². The van der Waals surface area contributed by atoms with Gasteiger partial charge < -0.3 is 0 Å². The van der Waals surface area contributed by atoms with E-state index in [1.165, 1.54) is 0 Å². The van der Waals surface area contributed by atoms with Gasteiger partial charge in [-0.25, -0.2) is 0 Å². The minimum atomic E-state index is 0.0837. The average molecular weight is 239 g/mol. The first-order valence-electron chi connectivity index (χ1n) is 4.04. The van der Waals surface area contributed by atoms with Gasteiger partial charge in [0.25, 0.3) is 0 Å². The largest absolute Gasteiger partial charge is 0.295 e. The smallest absolute Gasteiger partial charge is 0.152 e. The molecule has 1 rings (SSSR count). The van der Waals surface area contributed by atoms with Crippen LogP contribution in [0.1, 0.15) is 19.4 Å². The zero-order valence-electron chi connectivity index (χ0n) is 7.67. The van der Waals surface area contributed by atoms with Gasteiger partial charge in [0.15, 0.2) is 5.78 Å². The van der Waals surface area contributed by atoms with E-state index in [0.29, 0.717) is 0 Å². The lowest BCUT2D eigenvalue weighted by molar-refractivity contribution is -0.112. The van der Waals surface area contributed by atoms with E-state index >= 15 is 0 Å². The Morgan fingerprint density at radius 1 is 1.23 bits per heavy atom. The maximum atomic E-state index is 10.8. The fourth-order valence-electron chi connectivity index (χ4n) is 1.10. The maximum Gasteiger partial charge on any atom is 0.152 e. The van der Waals surface area contributed by atoms with Crippen molar-refractivity contribution in [3.63, 3.8) is 0 Å². The fourth-order valence-corrected chi connectivity index (χ4v) is 1.37. The Labute approximate surface area is 86.6 Å². The first kappa shape index (κ1) is 10.2. The van der Waals surface area contributed by atoms with Gasteiger partial charge >= 0.3 is 0 Å². The number of benzene rings is 1. The minimum Gasteiger partial charge on any atom is -0.295 e. The number of rotatable bonds is 2. The van der Waals surface area contributed by atoms with Crippen molar-refractivity contribution in [3.8, 4) is 0 Å².